The number of rotatable bonds is 9. The summed E-state index contributed by atoms with van der Waals surface area (Å²) in [7, 11) is 0. The Bertz CT molecular complexity index is 1190. The van der Waals surface area contributed by atoms with E-state index in [0.717, 1.165) is 49.4 Å². The van der Waals surface area contributed by atoms with Crippen LogP contribution >= 0.6 is 11.3 Å². The minimum atomic E-state index is -0.851. The molecule has 0 spiro atoms. The Morgan fingerprint density at radius 1 is 1.24 bits per heavy atom. The number of carboxylic acid groups (broad SMARTS) is 1. The van der Waals surface area contributed by atoms with Crippen LogP contribution in [0.1, 0.15) is 58.5 Å². The second-order valence-corrected chi connectivity index (χ2v) is 9.68. The van der Waals surface area contributed by atoms with Gasteiger partial charge in [-0.15, -0.1) is 17.3 Å². The van der Waals surface area contributed by atoms with E-state index in [9.17, 15) is 4.79 Å². The van der Waals surface area contributed by atoms with Crippen LogP contribution in [0.25, 0.3) is 0 Å². The van der Waals surface area contributed by atoms with Gasteiger partial charge < -0.3 is 9.84 Å². The van der Waals surface area contributed by atoms with Crippen LogP contribution in [-0.2, 0) is 37.3 Å². The highest BCUT2D eigenvalue weighted by Gasteiger charge is 2.20. The second-order valence-electron chi connectivity index (χ2n) is 8.51. The van der Waals surface area contributed by atoms with Crippen molar-refractivity contribution >= 4 is 17.3 Å². The van der Waals surface area contributed by atoms with Crippen molar-refractivity contribution in [3.63, 3.8) is 0 Å². The van der Waals surface area contributed by atoms with Crippen molar-refractivity contribution in [2.75, 3.05) is 6.54 Å². The first-order chi connectivity index (χ1) is 16.5. The lowest BCUT2D eigenvalue weighted by molar-refractivity contribution is -0.137. The van der Waals surface area contributed by atoms with Gasteiger partial charge in [-0.3, -0.25) is 9.69 Å². The Labute approximate surface area is 205 Å². The summed E-state index contributed by atoms with van der Waals surface area (Å²) in [6, 6.07) is 16.1. The molecule has 1 unspecified atom stereocenters. The Morgan fingerprint density at radius 2 is 2.03 bits per heavy atom. The highest BCUT2D eigenvalue weighted by molar-refractivity contribution is 7.11. The summed E-state index contributed by atoms with van der Waals surface area (Å²) < 4.78 is 6.00. The summed E-state index contributed by atoms with van der Waals surface area (Å²) in [5, 5.41) is 10.4. The van der Waals surface area contributed by atoms with Crippen molar-refractivity contribution in [3.05, 3.63) is 80.8 Å². The normalized spacial score (nSPS) is 14.1. The lowest BCUT2D eigenvalue weighted by Crippen LogP contribution is -2.29. The fourth-order valence-corrected chi connectivity index (χ4v) is 5.33. The molecule has 0 amide bonds. The number of aliphatic carboxylic acids is 1. The molecular weight excluding hydrogens is 444 g/mol. The average Bonchev–Trinajstić information content (AvgIpc) is 3.25. The lowest BCUT2D eigenvalue weighted by atomic mass is 9.96. The van der Waals surface area contributed by atoms with Crippen molar-refractivity contribution in [2.24, 2.45) is 0 Å². The van der Waals surface area contributed by atoms with Crippen LogP contribution in [0.2, 0.25) is 0 Å². The van der Waals surface area contributed by atoms with Crippen molar-refractivity contribution in [2.45, 2.75) is 58.7 Å². The number of benzene rings is 2. The molecule has 1 aliphatic heterocycles. The molecule has 0 bridgehead atoms. The first kappa shape index (κ1) is 24.0. The van der Waals surface area contributed by atoms with Crippen LogP contribution in [0.4, 0.5) is 0 Å². The van der Waals surface area contributed by atoms with Crippen LogP contribution in [0, 0.1) is 11.8 Å². The maximum absolute atomic E-state index is 11.1. The number of thiazole rings is 1. The van der Waals surface area contributed by atoms with Gasteiger partial charge in [-0.1, -0.05) is 49.2 Å². The third-order valence-corrected chi connectivity index (χ3v) is 7.17. The Kier molecular flexibility index (Phi) is 7.99. The maximum Gasteiger partial charge on any atom is 0.304 e. The van der Waals surface area contributed by atoms with Crippen molar-refractivity contribution in [3.8, 4) is 17.6 Å². The zero-order valence-electron chi connectivity index (χ0n) is 19.7. The summed E-state index contributed by atoms with van der Waals surface area (Å²) in [5.41, 5.74) is 4.60. The van der Waals surface area contributed by atoms with Gasteiger partial charge in [-0.25, -0.2) is 4.98 Å². The second kappa shape index (κ2) is 11.3. The molecule has 2 aromatic carbocycles. The van der Waals surface area contributed by atoms with Crippen molar-refractivity contribution in [1.82, 2.24) is 9.88 Å². The average molecular weight is 475 g/mol. The van der Waals surface area contributed by atoms with Crippen LogP contribution in [0.3, 0.4) is 0 Å². The van der Waals surface area contributed by atoms with Gasteiger partial charge in [0.05, 0.1) is 23.0 Å². The number of carbonyl (C=O) groups is 1. The molecule has 1 aromatic heterocycles. The van der Waals surface area contributed by atoms with Gasteiger partial charge in [0.15, 0.2) is 0 Å². The molecule has 4 rings (SSSR count). The molecule has 0 radical (unpaired) electrons. The highest BCUT2D eigenvalue weighted by atomic mass is 32.1. The number of hydrogen-bond donors (Lipinski definition) is 1. The van der Waals surface area contributed by atoms with E-state index in [-0.39, 0.29) is 12.3 Å². The van der Waals surface area contributed by atoms with Crippen molar-refractivity contribution in [1.29, 1.82) is 0 Å². The number of fused-ring (bicyclic) bond motifs is 1. The third-order valence-electron chi connectivity index (χ3n) is 5.94. The minimum absolute atomic E-state index is 0.00503. The summed E-state index contributed by atoms with van der Waals surface area (Å²) >= 11 is 1.86. The smallest absolute Gasteiger partial charge is 0.304 e. The summed E-state index contributed by atoms with van der Waals surface area (Å²) in [6.07, 6.45) is 2.04. The zero-order chi connectivity index (χ0) is 23.9. The first-order valence-corrected chi connectivity index (χ1v) is 12.5. The molecular formula is C28H30N2O3S. The maximum atomic E-state index is 11.1. The van der Waals surface area contributed by atoms with E-state index in [0.29, 0.717) is 6.61 Å². The van der Waals surface area contributed by atoms with E-state index < -0.39 is 5.97 Å². The van der Waals surface area contributed by atoms with E-state index in [1.807, 2.05) is 35.6 Å². The van der Waals surface area contributed by atoms with Gasteiger partial charge in [0.25, 0.3) is 0 Å². The largest absolute Gasteiger partial charge is 0.489 e. The fraction of sp³-hybridized carbons (Fsp3) is 0.357. The quantitative estimate of drug-likeness (QED) is 0.419. The topological polar surface area (TPSA) is 62.7 Å². The molecule has 2 heterocycles. The zero-order valence-corrected chi connectivity index (χ0v) is 20.5. The van der Waals surface area contributed by atoms with E-state index in [2.05, 4.69) is 47.9 Å². The number of ether oxygens (including phenoxy) is 1. The van der Waals surface area contributed by atoms with Gasteiger partial charge in [-0.05, 0) is 42.2 Å². The van der Waals surface area contributed by atoms with E-state index >= 15 is 0 Å². The standard InChI is InChI=1S/C28H30N2O3S/c1-3-6-23(16-28(31)32)22-9-11-24(12-10-22)33-19-21-8-5-7-20(15-21)17-30-14-13-25-26(18-30)34-27(4-2)29-25/h5,7-12,15,23H,4,13-14,16-19H2,1-2H3,(H,31,32). The van der Waals surface area contributed by atoms with Crippen molar-refractivity contribution < 1.29 is 14.6 Å². The first-order valence-electron chi connectivity index (χ1n) is 11.7. The molecule has 6 heteroatoms. The Morgan fingerprint density at radius 3 is 2.76 bits per heavy atom. The van der Waals surface area contributed by atoms with Crippen LogP contribution in [0.5, 0.6) is 5.75 Å². The SMILES string of the molecule is CC#CC(CC(=O)O)c1ccc(OCc2cccc(CN3CCc4nc(CC)sc4C3)c2)cc1. The number of aryl methyl sites for hydroxylation is 1. The monoisotopic (exact) mass is 474 g/mol. The minimum Gasteiger partial charge on any atom is -0.489 e. The van der Waals surface area contributed by atoms with E-state index in [1.54, 1.807) is 6.92 Å². The van der Waals surface area contributed by atoms with Crippen LogP contribution in [0.15, 0.2) is 48.5 Å². The fourth-order valence-electron chi connectivity index (χ4n) is 4.23. The van der Waals surface area contributed by atoms with Gasteiger partial charge in [0.2, 0.25) is 0 Å². The van der Waals surface area contributed by atoms with Gasteiger partial charge in [0, 0.05) is 30.9 Å². The van der Waals surface area contributed by atoms with Gasteiger partial charge in [-0.2, -0.15) is 0 Å². The third kappa shape index (κ3) is 6.25. The van der Waals surface area contributed by atoms with E-state index in [1.165, 1.54) is 21.1 Å². The Balaban J connectivity index is 1.34. The van der Waals surface area contributed by atoms with Crippen LogP contribution in [-0.4, -0.2) is 27.5 Å². The van der Waals surface area contributed by atoms with Gasteiger partial charge >= 0.3 is 5.97 Å². The number of nitrogens with zero attached hydrogens (tertiary/aromatic N) is 2. The molecule has 1 atom stereocenters. The molecule has 0 saturated carbocycles. The van der Waals surface area contributed by atoms with E-state index in [4.69, 9.17) is 14.8 Å². The summed E-state index contributed by atoms with van der Waals surface area (Å²) in [4.78, 5) is 19.8. The predicted molar refractivity (Wildman–Crippen MR) is 135 cm³/mol. The molecule has 176 valence electrons. The van der Waals surface area contributed by atoms with Crippen LogP contribution < -0.4 is 4.74 Å². The summed E-state index contributed by atoms with van der Waals surface area (Å²) in [6.45, 7) is 7.32. The molecule has 0 aliphatic carbocycles. The summed E-state index contributed by atoms with van der Waals surface area (Å²) in [5.74, 6) is 5.40. The molecule has 0 fully saturated rings. The molecule has 34 heavy (non-hydrogen) atoms. The number of aromatic nitrogens is 1. The number of hydrogen-bond acceptors (Lipinski definition) is 5. The number of carboxylic acids is 1. The molecule has 1 N–H and O–H groups in total. The van der Waals surface area contributed by atoms with Gasteiger partial charge in [0.1, 0.15) is 12.4 Å². The molecule has 0 saturated heterocycles. The lowest BCUT2D eigenvalue weighted by Gasteiger charge is -2.26. The highest BCUT2D eigenvalue weighted by Crippen LogP contribution is 2.27. The molecule has 3 aromatic rings. The predicted octanol–water partition coefficient (Wildman–Crippen LogP) is 5.42. The Hall–Kier alpha value is -3.14. The molecule has 1 aliphatic rings. The molecule has 5 nitrogen and oxygen atoms in total.